The summed E-state index contributed by atoms with van der Waals surface area (Å²) in [6.45, 7) is 2.75. The number of amides is 3. The van der Waals surface area contributed by atoms with Crippen LogP contribution >= 0.6 is 0 Å². The molecule has 2 saturated heterocycles. The Balaban J connectivity index is 1.27. The molecule has 3 amide bonds. The third-order valence-electron chi connectivity index (χ3n) is 6.25. The molecule has 3 heterocycles. The Morgan fingerprint density at radius 3 is 2.71 bits per heavy atom. The maximum absolute atomic E-state index is 13.0. The Morgan fingerprint density at radius 1 is 1.15 bits per heavy atom. The van der Waals surface area contributed by atoms with Crippen LogP contribution in [0.25, 0.3) is 0 Å². The van der Waals surface area contributed by atoms with E-state index in [-0.39, 0.29) is 37.5 Å². The number of benzene rings is 2. The smallest absolute Gasteiger partial charge is 0.255 e. The van der Waals surface area contributed by atoms with Gasteiger partial charge in [-0.3, -0.25) is 14.4 Å². The van der Waals surface area contributed by atoms with Gasteiger partial charge in [0.1, 0.15) is 25.0 Å². The molecule has 2 aromatic carbocycles. The van der Waals surface area contributed by atoms with Crippen molar-refractivity contribution in [3.8, 4) is 5.75 Å². The highest BCUT2D eigenvalue weighted by Gasteiger charge is 2.39. The summed E-state index contributed by atoms with van der Waals surface area (Å²) in [5.41, 5.74) is 3.13. The van der Waals surface area contributed by atoms with Crippen molar-refractivity contribution in [1.29, 1.82) is 0 Å². The fourth-order valence-electron chi connectivity index (χ4n) is 4.40. The Hall–Kier alpha value is -3.65. The molecule has 0 spiro atoms. The van der Waals surface area contributed by atoms with Crippen LogP contribution < -0.4 is 10.1 Å². The average molecular weight is 464 g/mol. The second-order valence-corrected chi connectivity index (χ2v) is 8.56. The lowest BCUT2D eigenvalue weighted by molar-refractivity contribution is -0.143. The highest BCUT2D eigenvalue weighted by molar-refractivity contribution is 6.02. The fourth-order valence-corrected chi connectivity index (χ4v) is 4.40. The van der Waals surface area contributed by atoms with Crippen LogP contribution in [0.4, 0.5) is 0 Å². The second kappa shape index (κ2) is 9.30. The monoisotopic (exact) mass is 463 g/mol. The number of allylic oxidation sites excluding steroid dienone is 1. The van der Waals surface area contributed by atoms with Gasteiger partial charge in [-0.05, 0) is 36.1 Å². The lowest BCUT2D eigenvalue weighted by atomic mass is 10.0. The molecule has 0 aliphatic carbocycles. The molecule has 1 unspecified atom stereocenters. The van der Waals surface area contributed by atoms with Crippen molar-refractivity contribution in [2.75, 3.05) is 19.8 Å². The molecule has 2 fully saturated rings. The van der Waals surface area contributed by atoms with E-state index in [0.717, 1.165) is 11.1 Å². The highest BCUT2D eigenvalue weighted by atomic mass is 16.5. The quantitative estimate of drug-likeness (QED) is 0.711. The zero-order chi connectivity index (χ0) is 25.4. The Kier molecular flexibility index (Phi) is 5.42. The number of piperidine rings is 1. The highest BCUT2D eigenvalue weighted by Crippen LogP contribution is 2.34. The topological polar surface area (TPSA) is 88.2 Å². The Morgan fingerprint density at radius 2 is 1.94 bits per heavy atom. The number of nitrogens with zero attached hydrogens (tertiary/aromatic N) is 2. The second-order valence-electron chi connectivity index (χ2n) is 8.56. The van der Waals surface area contributed by atoms with E-state index in [4.69, 9.17) is 12.2 Å². The van der Waals surface area contributed by atoms with Crippen molar-refractivity contribution in [3.63, 3.8) is 0 Å². The first-order valence-electron chi connectivity index (χ1n) is 12.3. The predicted molar refractivity (Wildman–Crippen MR) is 124 cm³/mol. The van der Waals surface area contributed by atoms with Gasteiger partial charge in [0.05, 0.1) is 15.9 Å². The van der Waals surface area contributed by atoms with Gasteiger partial charge >= 0.3 is 0 Å². The van der Waals surface area contributed by atoms with Gasteiger partial charge in [-0.1, -0.05) is 36.9 Å². The lowest BCUT2D eigenvalue weighted by Crippen LogP contribution is -2.49. The molecule has 8 heteroatoms. The standard InChI is InChI=1S/C26H27N3O5/c1-17-5-10-22(25(31)27-17)29-14-21-20(26(29)32)3-2-4-23(21)34-15-19-8-6-18(7-9-19)13-28-11-12-33-16-24(28)30/h2-4,6-9,22H,1,5,10-16H2,(H,27,31)/i13D2. The summed E-state index contributed by atoms with van der Waals surface area (Å²) in [4.78, 5) is 40.4. The number of nitrogens with one attached hydrogen (secondary N) is 1. The largest absolute Gasteiger partial charge is 0.489 e. The molecule has 176 valence electrons. The molecule has 0 bridgehead atoms. The molecule has 5 rings (SSSR count). The molecule has 34 heavy (non-hydrogen) atoms. The van der Waals surface area contributed by atoms with Crippen LogP contribution in [0.5, 0.6) is 5.75 Å². The van der Waals surface area contributed by atoms with Crippen LogP contribution in [0.15, 0.2) is 54.7 Å². The summed E-state index contributed by atoms with van der Waals surface area (Å²) in [6, 6.07) is 11.6. The van der Waals surface area contributed by atoms with Crippen LogP contribution in [0, 0.1) is 0 Å². The SMILES string of the molecule is [2H]C([2H])(c1ccc(COc2cccc3c2CN(C2CCC(=C)NC2=O)C3=O)cc1)N1CCOCC1=O. The maximum atomic E-state index is 13.0. The summed E-state index contributed by atoms with van der Waals surface area (Å²) in [7, 11) is 0. The molecule has 8 nitrogen and oxygen atoms in total. The minimum atomic E-state index is -1.94. The number of hydrogen-bond acceptors (Lipinski definition) is 5. The van der Waals surface area contributed by atoms with Gasteiger partial charge in [0.15, 0.2) is 0 Å². The molecule has 0 radical (unpaired) electrons. The zero-order valence-corrected chi connectivity index (χ0v) is 18.7. The molecular weight excluding hydrogens is 434 g/mol. The molecular formula is C26H27N3O5. The fraction of sp³-hybridized carbons (Fsp3) is 0.346. The van der Waals surface area contributed by atoms with Crippen LogP contribution in [0.2, 0.25) is 0 Å². The lowest BCUT2D eigenvalue weighted by Gasteiger charge is -2.31. The number of ether oxygens (including phenoxy) is 2. The number of rotatable bonds is 6. The van der Waals surface area contributed by atoms with E-state index in [9.17, 15) is 14.4 Å². The van der Waals surface area contributed by atoms with Crippen molar-refractivity contribution < 1.29 is 26.6 Å². The van der Waals surface area contributed by atoms with Gasteiger partial charge in [0.25, 0.3) is 5.91 Å². The van der Waals surface area contributed by atoms with Crippen LogP contribution in [0.1, 0.15) is 42.6 Å². The van der Waals surface area contributed by atoms with Gasteiger partial charge < -0.3 is 24.6 Å². The first kappa shape index (κ1) is 19.8. The van der Waals surface area contributed by atoms with Gasteiger partial charge in [0, 0.05) is 29.9 Å². The summed E-state index contributed by atoms with van der Waals surface area (Å²) in [6.07, 6.45) is 1.17. The first-order valence-corrected chi connectivity index (χ1v) is 11.3. The van der Waals surface area contributed by atoms with Crippen LogP contribution in [0.3, 0.4) is 0 Å². The van der Waals surface area contributed by atoms with Crippen molar-refractivity contribution >= 4 is 17.7 Å². The molecule has 1 atom stereocenters. The molecule has 0 aromatic heterocycles. The van der Waals surface area contributed by atoms with E-state index in [1.165, 1.54) is 4.90 Å². The minimum Gasteiger partial charge on any atom is -0.489 e. The van der Waals surface area contributed by atoms with Crippen molar-refractivity contribution in [2.45, 2.75) is 38.5 Å². The van der Waals surface area contributed by atoms with Gasteiger partial charge in [0.2, 0.25) is 11.8 Å². The summed E-state index contributed by atoms with van der Waals surface area (Å²) < 4.78 is 28.0. The molecule has 3 aliphatic rings. The number of carbonyl (C=O) groups is 3. The van der Waals surface area contributed by atoms with E-state index in [0.29, 0.717) is 48.6 Å². The normalized spacial score (nSPS) is 21.7. The Labute approximate surface area is 200 Å². The van der Waals surface area contributed by atoms with Crippen molar-refractivity contribution in [3.05, 3.63) is 77.0 Å². The molecule has 3 aliphatic heterocycles. The maximum Gasteiger partial charge on any atom is 0.255 e. The van der Waals surface area contributed by atoms with Crippen molar-refractivity contribution in [1.82, 2.24) is 15.1 Å². The molecule has 2 aromatic rings. The minimum absolute atomic E-state index is 0.118. The van der Waals surface area contributed by atoms with Crippen LogP contribution in [-0.2, 0) is 34.0 Å². The van der Waals surface area contributed by atoms with Crippen LogP contribution in [-0.4, -0.2) is 53.3 Å². The summed E-state index contributed by atoms with van der Waals surface area (Å²) in [5.74, 6) is -0.209. The predicted octanol–water partition coefficient (Wildman–Crippen LogP) is 2.37. The van der Waals surface area contributed by atoms with E-state index in [1.54, 1.807) is 47.4 Å². The Bertz CT molecular complexity index is 1230. The third kappa shape index (κ3) is 4.41. The van der Waals surface area contributed by atoms with E-state index < -0.39 is 12.5 Å². The van der Waals surface area contributed by atoms with E-state index >= 15 is 0 Å². The number of morpholine rings is 1. The summed E-state index contributed by atoms with van der Waals surface area (Å²) in [5, 5.41) is 2.74. The van der Waals surface area contributed by atoms with Crippen molar-refractivity contribution in [2.24, 2.45) is 0 Å². The summed E-state index contributed by atoms with van der Waals surface area (Å²) >= 11 is 0. The number of fused-ring (bicyclic) bond motifs is 1. The average Bonchev–Trinajstić information content (AvgIpc) is 3.20. The third-order valence-corrected chi connectivity index (χ3v) is 6.25. The van der Waals surface area contributed by atoms with Gasteiger partial charge in [-0.15, -0.1) is 0 Å². The van der Waals surface area contributed by atoms with E-state index in [2.05, 4.69) is 11.9 Å². The van der Waals surface area contributed by atoms with E-state index in [1.807, 2.05) is 0 Å². The molecule has 1 N–H and O–H groups in total. The van der Waals surface area contributed by atoms with Gasteiger partial charge in [-0.25, -0.2) is 0 Å². The number of carbonyl (C=O) groups excluding carboxylic acids is 3. The zero-order valence-electron chi connectivity index (χ0n) is 20.7. The first-order chi connectivity index (χ1) is 17.3. The number of hydrogen-bond donors (Lipinski definition) is 1. The molecule has 0 saturated carbocycles. The van der Waals surface area contributed by atoms with Gasteiger partial charge in [-0.2, -0.15) is 0 Å².